The van der Waals surface area contributed by atoms with Crippen molar-refractivity contribution in [3.8, 4) is 11.5 Å². The van der Waals surface area contributed by atoms with Gasteiger partial charge in [-0.2, -0.15) is 0 Å². The molecule has 0 aliphatic rings. The zero-order chi connectivity index (χ0) is 21.9. The molecular weight excluding hydrogens is 392 g/mol. The average molecular weight is 418 g/mol. The molecule has 3 aromatic carbocycles. The van der Waals surface area contributed by atoms with Crippen LogP contribution in [0, 0.1) is 0 Å². The number of amides is 2. The van der Waals surface area contributed by atoms with Gasteiger partial charge in [0.25, 0.3) is 11.8 Å². The van der Waals surface area contributed by atoms with Crippen molar-refractivity contribution in [1.29, 1.82) is 0 Å². The lowest BCUT2D eigenvalue weighted by Crippen LogP contribution is -2.41. The maximum absolute atomic E-state index is 12.6. The summed E-state index contributed by atoms with van der Waals surface area (Å²) in [6.07, 6.45) is 2.03. The Labute approximate surface area is 182 Å². The average Bonchev–Trinajstić information content (AvgIpc) is 2.82. The van der Waals surface area contributed by atoms with E-state index in [9.17, 15) is 9.59 Å². The fourth-order valence-corrected chi connectivity index (χ4v) is 2.81. The molecule has 0 heterocycles. The van der Waals surface area contributed by atoms with E-state index in [2.05, 4.69) is 17.8 Å². The normalized spacial score (nSPS) is 10.2. The number of hydrazine groups is 1. The summed E-state index contributed by atoms with van der Waals surface area (Å²) < 4.78 is 11.4. The van der Waals surface area contributed by atoms with E-state index in [1.165, 1.54) is 0 Å². The molecule has 0 aromatic heterocycles. The molecule has 6 heteroatoms. The van der Waals surface area contributed by atoms with Crippen molar-refractivity contribution < 1.29 is 19.1 Å². The lowest BCUT2D eigenvalue weighted by atomic mass is 10.2. The summed E-state index contributed by atoms with van der Waals surface area (Å²) in [6.45, 7) is 3.08. The molecule has 0 radical (unpaired) electrons. The Kier molecular flexibility index (Phi) is 8.05. The SMILES string of the molecule is CCCCOc1ccc(C(=O)NNC(=O)c2ccccc2OCc2ccccc2)cc1. The number of hydrogen-bond acceptors (Lipinski definition) is 4. The van der Waals surface area contributed by atoms with Crippen LogP contribution in [0.25, 0.3) is 0 Å². The number of ether oxygens (including phenoxy) is 2. The molecule has 0 saturated carbocycles. The Hall–Kier alpha value is -3.80. The first-order chi connectivity index (χ1) is 15.2. The molecule has 2 amide bonds. The zero-order valence-electron chi connectivity index (χ0n) is 17.5. The highest BCUT2D eigenvalue weighted by Gasteiger charge is 2.14. The fourth-order valence-electron chi connectivity index (χ4n) is 2.81. The summed E-state index contributed by atoms with van der Waals surface area (Å²) in [5.74, 6) is 0.262. The lowest BCUT2D eigenvalue weighted by Gasteiger charge is -2.12. The van der Waals surface area contributed by atoms with Gasteiger partial charge in [-0.1, -0.05) is 55.8 Å². The lowest BCUT2D eigenvalue weighted by molar-refractivity contribution is 0.0844. The van der Waals surface area contributed by atoms with E-state index in [1.807, 2.05) is 30.3 Å². The molecule has 160 valence electrons. The number of carbonyl (C=O) groups is 2. The molecule has 0 fully saturated rings. The van der Waals surface area contributed by atoms with Gasteiger partial charge in [-0.15, -0.1) is 0 Å². The minimum absolute atomic E-state index is 0.332. The molecule has 0 atom stereocenters. The summed E-state index contributed by atoms with van der Waals surface area (Å²) in [7, 11) is 0. The first-order valence-corrected chi connectivity index (χ1v) is 10.3. The highest BCUT2D eigenvalue weighted by molar-refractivity contribution is 6.00. The number of benzene rings is 3. The van der Waals surface area contributed by atoms with Crippen molar-refractivity contribution in [1.82, 2.24) is 10.9 Å². The van der Waals surface area contributed by atoms with Crippen LogP contribution in [0.4, 0.5) is 0 Å². The number of para-hydroxylation sites is 1. The van der Waals surface area contributed by atoms with Crippen molar-refractivity contribution in [2.75, 3.05) is 6.61 Å². The van der Waals surface area contributed by atoms with E-state index in [4.69, 9.17) is 9.47 Å². The van der Waals surface area contributed by atoms with Gasteiger partial charge < -0.3 is 9.47 Å². The highest BCUT2D eigenvalue weighted by Crippen LogP contribution is 2.19. The van der Waals surface area contributed by atoms with Gasteiger partial charge >= 0.3 is 0 Å². The third-order valence-electron chi connectivity index (χ3n) is 4.54. The molecule has 0 aliphatic heterocycles. The van der Waals surface area contributed by atoms with Gasteiger partial charge in [0.15, 0.2) is 0 Å². The van der Waals surface area contributed by atoms with Crippen LogP contribution in [-0.2, 0) is 6.61 Å². The largest absolute Gasteiger partial charge is 0.494 e. The first-order valence-electron chi connectivity index (χ1n) is 10.3. The van der Waals surface area contributed by atoms with E-state index < -0.39 is 11.8 Å². The van der Waals surface area contributed by atoms with E-state index in [-0.39, 0.29) is 0 Å². The van der Waals surface area contributed by atoms with Crippen LogP contribution >= 0.6 is 0 Å². The molecule has 0 unspecified atom stereocenters. The Morgan fingerprint density at radius 2 is 1.45 bits per heavy atom. The molecular formula is C25H26N2O4. The fraction of sp³-hybridized carbons (Fsp3) is 0.200. The van der Waals surface area contributed by atoms with E-state index in [0.717, 1.165) is 18.4 Å². The molecule has 2 N–H and O–H groups in total. The molecule has 0 saturated heterocycles. The van der Waals surface area contributed by atoms with Crippen molar-refractivity contribution in [2.45, 2.75) is 26.4 Å². The van der Waals surface area contributed by atoms with Crippen LogP contribution in [-0.4, -0.2) is 18.4 Å². The molecule has 0 bridgehead atoms. The monoisotopic (exact) mass is 418 g/mol. The van der Waals surface area contributed by atoms with Crippen LogP contribution in [0.5, 0.6) is 11.5 Å². The van der Waals surface area contributed by atoms with Gasteiger partial charge in [0.1, 0.15) is 18.1 Å². The van der Waals surface area contributed by atoms with Gasteiger partial charge in [-0.3, -0.25) is 20.4 Å². The maximum atomic E-state index is 12.6. The van der Waals surface area contributed by atoms with Gasteiger partial charge in [0, 0.05) is 5.56 Å². The Morgan fingerprint density at radius 1 is 0.774 bits per heavy atom. The van der Waals surface area contributed by atoms with Crippen LogP contribution in [0.1, 0.15) is 46.0 Å². The van der Waals surface area contributed by atoms with Crippen molar-refractivity contribution in [2.24, 2.45) is 0 Å². The molecule has 0 aliphatic carbocycles. The van der Waals surface area contributed by atoms with Crippen molar-refractivity contribution in [3.05, 3.63) is 95.6 Å². The van der Waals surface area contributed by atoms with E-state index >= 15 is 0 Å². The summed E-state index contributed by atoms with van der Waals surface area (Å²) in [5.41, 5.74) is 6.62. The van der Waals surface area contributed by atoms with Crippen LogP contribution < -0.4 is 20.3 Å². The summed E-state index contributed by atoms with van der Waals surface area (Å²) in [5, 5.41) is 0. The quantitative estimate of drug-likeness (QED) is 0.396. The number of carbonyl (C=O) groups excluding carboxylic acids is 2. The predicted molar refractivity (Wildman–Crippen MR) is 119 cm³/mol. The Balaban J connectivity index is 1.55. The summed E-state index contributed by atoms with van der Waals surface area (Å²) in [4.78, 5) is 24.9. The molecule has 3 rings (SSSR count). The zero-order valence-corrected chi connectivity index (χ0v) is 17.5. The second-order valence-corrected chi connectivity index (χ2v) is 6.91. The standard InChI is InChI=1S/C25H26N2O4/c1-2-3-17-30-21-15-13-20(14-16-21)24(28)26-27-25(29)22-11-7-8-12-23(22)31-18-19-9-5-4-6-10-19/h4-16H,2-3,17-18H2,1H3,(H,26,28)(H,27,29). The third-order valence-corrected chi connectivity index (χ3v) is 4.54. The van der Waals surface area contributed by atoms with E-state index in [1.54, 1.807) is 48.5 Å². The van der Waals surface area contributed by atoms with Gasteiger partial charge in [-0.05, 0) is 48.4 Å². The molecule has 6 nitrogen and oxygen atoms in total. The second kappa shape index (κ2) is 11.4. The Bertz CT molecular complexity index is 988. The number of rotatable bonds is 9. The second-order valence-electron chi connectivity index (χ2n) is 6.91. The highest BCUT2D eigenvalue weighted by atomic mass is 16.5. The molecule has 31 heavy (non-hydrogen) atoms. The minimum atomic E-state index is -0.462. The third kappa shape index (κ3) is 6.60. The molecule has 3 aromatic rings. The number of unbranched alkanes of at least 4 members (excludes halogenated alkanes) is 1. The molecule has 0 spiro atoms. The van der Waals surface area contributed by atoms with Crippen LogP contribution in [0.2, 0.25) is 0 Å². The summed E-state index contributed by atoms with van der Waals surface area (Å²) in [6, 6.07) is 23.3. The Morgan fingerprint density at radius 3 is 2.19 bits per heavy atom. The van der Waals surface area contributed by atoms with Crippen LogP contribution in [0.3, 0.4) is 0 Å². The summed E-state index contributed by atoms with van der Waals surface area (Å²) >= 11 is 0. The topological polar surface area (TPSA) is 76.7 Å². The smallest absolute Gasteiger partial charge is 0.273 e. The first kappa shape index (κ1) is 21.9. The van der Waals surface area contributed by atoms with E-state index in [0.29, 0.717) is 35.8 Å². The predicted octanol–water partition coefficient (Wildman–Crippen LogP) is 4.52. The number of hydrogen-bond donors (Lipinski definition) is 2. The van der Waals surface area contributed by atoms with Gasteiger partial charge in [0.05, 0.1) is 12.2 Å². The van der Waals surface area contributed by atoms with Gasteiger partial charge in [0.2, 0.25) is 0 Å². The van der Waals surface area contributed by atoms with Crippen molar-refractivity contribution in [3.63, 3.8) is 0 Å². The van der Waals surface area contributed by atoms with Gasteiger partial charge in [-0.25, -0.2) is 0 Å². The van der Waals surface area contributed by atoms with Crippen molar-refractivity contribution >= 4 is 11.8 Å². The number of nitrogens with one attached hydrogen (secondary N) is 2. The minimum Gasteiger partial charge on any atom is -0.494 e. The van der Waals surface area contributed by atoms with Crippen LogP contribution in [0.15, 0.2) is 78.9 Å². The maximum Gasteiger partial charge on any atom is 0.273 e.